The molecule has 0 radical (unpaired) electrons. The van der Waals surface area contributed by atoms with E-state index in [0.717, 1.165) is 27.5 Å². The molecule has 10 aromatic rings. The lowest BCUT2D eigenvalue weighted by Crippen LogP contribution is -2.11. The van der Waals surface area contributed by atoms with E-state index >= 15 is 0 Å². The lowest BCUT2D eigenvalue weighted by Gasteiger charge is -2.25. The summed E-state index contributed by atoms with van der Waals surface area (Å²) >= 11 is 0. The predicted octanol–water partition coefficient (Wildman–Crippen LogP) is 14.7. The highest BCUT2D eigenvalue weighted by Gasteiger charge is 2.25. The summed E-state index contributed by atoms with van der Waals surface area (Å²) in [5.74, 6) is 0. The number of benzene rings is 9. The summed E-state index contributed by atoms with van der Waals surface area (Å²) in [5.41, 5.74) is 9.42. The van der Waals surface area contributed by atoms with Crippen molar-refractivity contribution in [3.05, 3.63) is 145 Å². The third-order valence-corrected chi connectivity index (χ3v) is 11.3. The quantitative estimate of drug-likeness (QED) is 0.133. The Bertz CT molecular complexity index is 3010. The van der Waals surface area contributed by atoms with Crippen molar-refractivity contribution in [1.82, 2.24) is 0 Å². The molecular formula is C50H40O. The number of fused-ring (bicyclic) bond motifs is 5. The van der Waals surface area contributed by atoms with Crippen LogP contribution in [0.15, 0.2) is 138 Å². The Morgan fingerprint density at radius 2 is 0.902 bits per heavy atom. The molecule has 0 saturated carbocycles. The summed E-state index contributed by atoms with van der Waals surface area (Å²) in [6.07, 6.45) is 0. The number of hydrogen-bond acceptors (Lipinski definition) is 1. The minimum Gasteiger partial charge on any atom is -0.455 e. The lowest BCUT2D eigenvalue weighted by molar-refractivity contribution is 0.590. The van der Waals surface area contributed by atoms with Crippen molar-refractivity contribution >= 4 is 75.8 Å². The van der Waals surface area contributed by atoms with E-state index in [9.17, 15) is 0 Å². The summed E-state index contributed by atoms with van der Waals surface area (Å²) in [5, 5.41) is 15.2. The Kier molecular flexibility index (Phi) is 6.18. The minimum absolute atomic E-state index is 0.0158. The van der Waals surface area contributed by atoms with E-state index in [4.69, 9.17) is 4.42 Å². The molecule has 246 valence electrons. The van der Waals surface area contributed by atoms with Crippen LogP contribution in [0.3, 0.4) is 0 Å². The van der Waals surface area contributed by atoms with E-state index in [2.05, 4.69) is 175 Å². The van der Waals surface area contributed by atoms with Crippen molar-refractivity contribution in [3.63, 3.8) is 0 Å². The van der Waals surface area contributed by atoms with E-state index in [-0.39, 0.29) is 10.8 Å². The maximum Gasteiger partial charge on any atom is 0.143 e. The van der Waals surface area contributed by atoms with Crippen LogP contribution in [0.5, 0.6) is 0 Å². The van der Waals surface area contributed by atoms with Crippen molar-refractivity contribution in [2.75, 3.05) is 0 Å². The van der Waals surface area contributed by atoms with Crippen LogP contribution in [0.2, 0.25) is 0 Å². The maximum atomic E-state index is 6.75. The smallest absolute Gasteiger partial charge is 0.143 e. The van der Waals surface area contributed by atoms with Gasteiger partial charge in [0.15, 0.2) is 0 Å². The fourth-order valence-corrected chi connectivity index (χ4v) is 8.64. The van der Waals surface area contributed by atoms with E-state index in [1.165, 1.54) is 81.7 Å². The Morgan fingerprint density at radius 1 is 0.373 bits per heavy atom. The van der Waals surface area contributed by atoms with Gasteiger partial charge in [0.25, 0.3) is 0 Å². The zero-order chi connectivity index (χ0) is 34.8. The number of rotatable bonds is 2. The first kappa shape index (κ1) is 30.2. The molecule has 0 spiro atoms. The van der Waals surface area contributed by atoms with Gasteiger partial charge in [0.1, 0.15) is 11.2 Å². The average Bonchev–Trinajstić information content (AvgIpc) is 3.51. The Morgan fingerprint density at radius 3 is 1.57 bits per heavy atom. The van der Waals surface area contributed by atoms with Gasteiger partial charge >= 0.3 is 0 Å². The van der Waals surface area contributed by atoms with Gasteiger partial charge in [-0.3, -0.25) is 0 Å². The second-order valence-corrected chi connectivity index (χ2v) is 16.5. The molecule has 9 aromatic carbocycles. The monoisotopic (exact) mass is 656 g/mol. The zero-order valence-electron chi connectivity index (χ0n) is 30.1. The van der Waals surface area contributed by atoms with Gasteiger partial charge in [0.2, 0.25) is 0 Å². The molecule has 10 rings (SSSR count). The first-order valence-corrected chi connectivity index (χ1v) is 18.2. The van der Waals surface area contributed by atoms with Crippen molar-refractivity contribution < 1.29 is 4.42 Å². The van der Waals surface area contributed by atoms with Gasteiger partial charge in [0, 0.05) is 21.9 Å². The fourth-order valence-electron chi connectivity index (χ4n) is 8.64. The van der Waals surface area contributed by atoms with Crippen molar-refractivity contribution in [1.29, 1.82) is 0 Å². The molecule has 0 atom stereocenters. The molecule has 0 aliphatic rings. The van der Waals surface area contributed by atoms with Crippen LogP contribution < -0.4 is 0 Å². The van der Waals surface area contributed by atoms with Crippen LogP contribution in [-0.2, 0) is 10.8 Å². The molecule has 1 aromatic heterocycles. The second kappa shape index (κ2) is 10.4. The Hall–Kier alpha value is -5.66. The summed E-state index contributed by atoms with van der Waals surface area (Å²) in [7, 11) is 0. The predicted molar refractivity (Wildman–Crippen MR) is 221 cm³/mol. The largest absolute Gasteiger partial charge is 0.455 e. The van der Waals surface area contributed by atoms with Crippen LogP contribution in [0.4, 0.5) is 0 Å². The molecule has 0 amide bonds. The highest BCUT2D eigenvalue weighted by atomic mass is 16.3. The summed E-state index contributed by atoms with van der Waals surface area (Å²) in [4.78, 5) is 0. The van der Waals surface area contributed by atoms with Gasteiger partial charge < -0.3 is 4.42 Å². The van der Waals surface area contributed by atoms with Gasteiger partial charge in [-0.1, -0.05) is 157 Å². The number of para-hydroxylation sites is 2. The lowest BCUT2D eigenvalue weighted by atomic mass is 9.78. The maximum absolute atomic E-state index is 6.75. The third kappa shape index (κ3) is 4.40. The summed E-state index contributed by atoms with van der Waals surface area (Å²) in [6.45, 7) is 13.9. The molecule has 51 heavy (non-hydrogen) atoms. The molecule has 1 nitrogen and oxygen atoms in total. The van der Waals surface area contributed by atoms with E-state index in [1.807, 2.05) is 0 Å². The number of hydrogen-bond donors (Lipinski definition) is 0. The molecular weight excluding hydrogens is 617 g/mol. The highest BCUT2D eigenvalue weighted by Crippen LogP contribution is 2.50. The van der Waals surface area contributed by atoms with Crippen LogP contribution in [-0.4, -0.2) is 0 Å². The average molecular weight is 657 g/mol. The van der Waals surface area contributed by atoms with Crippen LogP contribution in [0, 0.1) is 0 Å². The molecule has 0 unspecified atom stereocenters. The molecule has 0 aliphatic carbocycles. The zero-order valence-corrected chi connectivity index (χ0v) is 30.1. The van der Waals surface area contributed by atoms with E-state index in [0.29, 0.717) is 0 Å². The van der Waals surface area contributed by atoms with Gasteiger partial charge in [-0.05, 0) is 105 Å². The van der Waals surface area contributed by atoms with Crippen LogP contribution in [0.1, 0.15) is 52.7 Å². The molecule has 0 N–H and O–H groups in total. The van der Waals surface area contributed by atoms with E-state index in [1.54, 1.807) is 0 Å². The normalized spacial score (nSPS) is 12.9. The first-order chi connectivity index (χ1) is 24.6. The fraction of sp³-hybridized carbons (Fsp3) is 0.160. The van der Waals surface area contributed by atoms with Gasteiger partial charge in [0.05, 0.1) is 0 Å². The number of furan rings is 1. The van der Waals surface area contributed by atoms with Crippen molar-refractivity contribution in [3.8, 4) is 22.3 Å². The topological polar surface area (TPSA) is 13.1 Å². The second-order valence-electron chi connectivity index (χ2n) is 16.5. The van der Waals surface area contributed by atoms with Crippen LogP contribution >= 0.6 is 0 Å². The first-order valence-electron chi connectivity index (χ1n) is 18.2. The van der Waals surface area contributed by atoms with Gasteiger partial charge in [-0.25, -0.2) is 0 Å². The SMILES string of the molecule is CC(C)(C)c1ccc2c(-c3cccc4c3oc3ccccc34)c3cc(C(C)(C)C)ccc3c(-c3ccc4ccc5cccc6ccc3c4c56)c2c1. The minimum atomic E-state index is -0.0188. The summed E-state index contributed by atoms with van der Waals surface area (Å²) < 4.78 is 6.75. The molecule has 1 heteroatoms. The van der Waals surface area contributed by atoms with Crippen LogP contribution in [0.25, 0.3) is 98.1 Å². The van der Waals surface area contributed by atoms with Gasteiger partial charge in [-0.2, -0.15) is 0 Å². The molecule has 0 fully saturated rings. The molecule has 0 saturated heterocycles. The third-order valence-electron chi connectivity index (χ3n) is 11.3. The van der Waals surface area contributed by atoms with Crippen molar-refractivity contribution in [2.45, 2.75) is 52.4 Å². The molecule has 1 heterocycles. The Balaban J connectivity index is 1.43. The molecule has 0 bridgehead atoms. The standard InChI is InChI=1S/C50H40O/c1-49(2,3)32-22-26-38-41(27-32)46(36-24-20-31-18-17-29-11-9-12-30-19-23-35(36)45(31)44(29)30)37-25-21-33(50(4,5)6)28-42(37)47(38)40-15-10-14-39-34-13-7-8-16-43(34)51-48(39)40/h7-28H,1-6H3. The summed E-state index contributed by atoms with van der Waals surface area (Å²) in [6, 6.07) is 50.1. The van der Waals surface area contributed by atoms with Crippen molar-refractivity contribution in [2.24, 2.45) is 0 Å². The molecule has 0 aliphatic heterocycles. The Labute approximate surface area is 298 Å². The van der Waals surface area contributed by atoms with Gasteiger partial charge in [-0.15, -0.1) is 0 Å². The van der Waals surface area contributed by atoms with E-state index < -0.39 is 0 Å². The highest BCUT2D eigenvalue weighted by molar-refractivity contribution is 6.30.